The van der Waals surface area contributed by atoms with E-state index in [0.717, 1.165) is 43.4 Å². The van der Waals surface area contributed by atoms with E-state index in [9.17, 15) is 9.59 Å². The maximum atomic E-state index is 13.0. The number of aryl methyl sites for hydroxylation is 2. The lowest BCUT2D eigenvalue weighted by Crippen LogP contribution is -2.40. The van der Waals surface area contributed by atoms with E-state index in [-0.39, 0.29) is 24.1 Å². The van der Waals surface area contributed by atoms with E-state index in [2.05, 4.69) is 16.4 Å². The van der Waals surface area contributed by atoms with Gasteiger partial charge in [-0.3, -0.25) is 9.59 Å². The first-order chi connectivity index (χ1) is 13.1. The summed E-state index contributed by atoms with van der Waals surface area (Å²) in [6, 6.07) is 8.02. The first-order valence-electron chi connectivity index (χ1n) is 9.41. The summed E-state index contributed by atoms with van der Waals surface area (Å²) in [4.78, 5) is 29.8. The number of anilines is 1. The van der Waals surface area contributed by atoms with Crippen molar-refractivity contribution in [1.82, 2.24) is 15.0 Å². The lowest BCUT2D eigenvalue weighted by Gasteiger charge is -2.22. The Morgan fingerprint density at radius 3 is 2.96 bits per heavy atom. The van der Waals surface area contributed by atoms with E-state index in [1.807, 2.05) is 25.1 Å². The largest absolute Gasteiger partial charge is 0.307 e. The molecule has 0 spiro atoms. The zero-order valence-electron chi connectivity index (χ0n) is 15.1. The van der Waals surface area contributed by atoms with Crippen LogP contribution in [0.5, 0.6) is 0 Å². The molecule has 3 heterocycles. The minimum atomic E-state index is -0.187. The van der Waals surface area contributed by atoms with Gasteiger partial charge in [-0.2, -0.15) is 0 Å². The Morgan fingerprint density at radius 1 is 1.26 bits per heavy atom. The SMILES string of the molecule is C[C@@H]1Cc2ccccc2N1C(=O)Cn1nnc2sc3c(c2c1=O)CCCC3. The minimum absolute atomic E-state index is 0.0783. The number of carbonyl (C=O) groups excluding carboxylic acids is 1. The smallest absolute Gasteiger partial charge is 0.279 e. The fourth-order valence-electron chi connectivity index (χ4n) is 4.36. The molecule has 1 atom stereocenters. The Labute approximate surface area is 160 Å². The van der Waals surface area contributed by atoms with Crippen molar-refractivity contribution >= 4 is 33.1 Å². The third-order valence-electron chi connectivity index (χ3n) is 5.61. The number of hydrogen-bond acceptors (Lipinski definition) is 5. The highest BCUT2D eigenvalue weighted by Gasteiger charge is 2.31. The van der Waals surface area contributed by atoms with Crippen LogP contribution in [-0.2, 0) is 30.6 Å². The minimum Gasteiger partial charge on any atom is -0.307 e. The van der Waals surface area contributed by atoms with E-state index in [4.69, 9.17) is 0 Å². The highest BCUT2D eigenvalue weighted by atomic mass is 32.1. The Morgan fingerprint density at radius 2 is 2.07 bits per heavy atom. The van der Waals surface area contributed by atoms with E-state index in [0.29, 0.717) is 10.2 Å². The number of fused-ring (bicyclic) bond motifs is 4. The van der Waals surface area contributed by atoms with Crippen LogP contribution in [0.3, 0.4) is 0 Å². The van der Waals surface area contributed by atoms with Crippen LogP contribution >= 0.6 is 11.3 Å². The topological polar surface area (TPSA) is 68.1 Å². The van der Waals surface area contributed by atoms with Crippen molar-refractivity contribution in [3.05, 3.63) is 50.6 Å². The zero-order valence-corrected chi connectivity index (χ0v) is 16.0. The van der Waals surface area contributed by atoms with E-state index < -0.39 is 0 Å². The fourth-order valence-corrected chi connectivity index (χ4v) is 5.56. The molecule has 6 nitrogen and oxygen atoms in total. The number of rotatable bonds is 2. The molecule has 1 amide bonds. The van der Waals surface area contributed by atoms with Crippen molar-refractivity contribution in [3.8, 4) is 0 Å². The second-order valence-corrected chi connectivity index (χ2v) is 8.47. The Bertz CT molecular complexity index is 1120. The number of amides is 1. The molecular weight excluding hydrogens is 360 g/mol. The molecule has 3 aromatic rings. The molecule has 0 unspecified atom stereocenters. The number of para-hydroxylation sites is 1. The molecule has 0 saturated heterocycles. The van der Waals surface area contributed by atoms with Gasteiger partial charge in [-0.15, -0.1) is 16.4 Å². The van der Waals surface area contributed by atoms with Gasteiger partial charge in [-0.05, 0) is 56.2 Å². The second kappa shape index (κ2) is 6.27. The third kappa shape index (κ3) is 2.60. The van der Waals surface area contributed by atoms with Crippen molar-refractivity contribution in [2.45, 2.75) is 51.6 Å². The molecule has 1 aromatic carbocycles. The normalized spacial score (nSPS) is 18.6. The highest BCUT2D eigenvalue weighted by Crippen LogP contribution is 2.34. The molecule has 0 saturated carbocycles. The number of benzene rings is 1. The fraction of sp³-hybridized carbons (Fsp3) is 0.400. The number of hydrogen-bond donors (Lipinski definition) is 0. The summed E-state index contributed by atoms with van der Waals surface area (Å²) < 4.78 is 1.24. The summed E-state index contributed by atoms with van der Waals surface area (Å²) in [6.07, 6.45) is 5.02. The van der Waals surface area contributed by atoms with E-state index in [1.54, 1.807) is 16.2 Å². The van der Waals surface area contributed by atoms with Gasteiger partial charge in [0.1, 0.15) is 6.54 Å². The predicted molar refractivity (Wildman–Crippen MR) is 105 cm³/mol. The van der Waals surface area contributed by atoms with Crippen LogP contribution in [0, 0.1) is 0 Å². The molecule has 1 aliphatic carbocycles. The Kier molecular flexibility index (Phi) is 3.86. The van der Waals surface area contributed by atoms with Crippen LogP contribution in [0.2, 0.25) is 0 Å². The molecule has 138 valence electrons. The van der Waals surface area contributed by atoms with Gasteiger partial charge in [0.15, 0.2) is 4.83 Å². The standard InChI is InChI=1S/C20H20N4O2S/c1-12-10-13-6-2-4-8-15(13)24(12)17(25)11-23-20(26)18-14-7-3-5-9-16(14)27-19(18)21-22-23/h2,4,6,8,12H,3,5,7,9-11H2,1H3/t12-/m1/s1. The Hall–Kier alpha value is -2.54. The summed E-state index contributed by atoms with van der Waals surface area (Å²) in [5, 5.41) is 8.98. The van der Waals surface area contributed by atoms with E-state index in [1.165, 1.54) is 15.1 Å². The highest BCUT2D eigenvalue weighted by molar-refractivity contribution is 7.18. The molecule has 7 heteroatoms. The lowest BCUT2D eigenvalue weighted by molar-refractivity contribution is -0.119. The first-order valence-corrected chi connectivity index (χ1v) is 10.2. The molecular formula is C20H20N4O2S. The van der Waals surface area contributed by atoms with Crippen LogP contribution in [0.15, 0.2) is 29.1 Å². The molecule has 27 heavy (non-hydrogen) atoms. The van der Waals surface area contributed by atoms with Gasteiger partial charge in [-0.25, -0.2) is 4.68 Å². The van der Waals surface area contributed by atoms with Gasteiger partial charge in [0, 0.05) is 16.6 Å². The molecule has 0 fully saturated rings. The van der Waals surface area contributed by atoms with Gasteiger partial charge < -0.3 is 4.90 Å². The molecule has 0 bridgehead atoms. The average Bonchev–Trinajstić information content (AvgIpc) is 3.21. The van der Waals surface area contributed by atoms with Gasteiger partial charge >= 0.3 is 0 Å². The van der Waals surface area contributed by atoms with Crippen LogP contribution in [0.4, 0.5) is 5.69 Å². The number of carbonyl (C=O) groups is 1. The van der Waals surface area contributed by atoms with Crippen molar-refractivity contribution < 1.29 is 4.79 Å². The van der Waals surface area contributed by atoms with Crippen LogP contribution in [-0.4, -0.2) is 26.9 Å². The summed E-state index contributed by atoms with van der Waals surface area (Å²) in [5.74, 6) is -0.118. The van der Waals surface area contributed by atoms with Crippen LogP contribution in [0.1, 0.15) is 35.8 Å². The third-order valence-corrected chi connectivity index (χ3v) is 6.78. The van der Waals surface area contributed by atoms with Crippen molar-refractivity contribution in [2.75, 3.05) is 4.90 Å². The summed E-state index contributed by atoms with van der Waals surface area (Å²) in [5.41, 5.74) is 3.04. The van der Waals surface area contributed by atoms with Crippen molar-refractivity contribution in [3.63, 3.8) is 0 Å². The van der Waals surface area contributed by atoms with Gasteiger partial charge in [0.2, 0.25) is 5.91 Å². The quantitative estimate of drug-likeness (QED) is 0.686. The molecule has 0 N–H and O–H groups in total. The van der Waals surface area contributed by atoms with Crippen LogP contribution < -0.4 is 10.5 Å². The summed E-state index contributed by atoms with van der Waals surface area (Å²) in [7, 11) is 0. The zero-order chi connectivity index (χ0) is 18.5. The summed E-state index contributed by atoms with van der Waals surface area (Å²) in [6.45, 7) is 1.95. The second-order valence-electron chi connectivity index (χ2n) is 7.39. The molecule has 5 rings (SSSR count). The first kappa shape index (κ1) is 16.6. The molecule has 2 aromatic heterocycles. The van der Waals surface area contributed by atoms with Gasteiger partial charge in [-0.1, -0.05) is 23.4 Å². The van der Waals surface area contributed by atoms with Gasteiger partial charge in [0.25, 0.3) is 5.56 Å². The summed E-state index contributed by atoms with van der Waals surface area (Å²) >= 11 is 1.58. The van der Waals surface area contributed by atoms with Crippen molar-refractivity contribution in [1.29, 1.82) is 0 Å². The van der Waals surface area contributed by atoms with Crippen LogP contribution in [0.25, 0.3) is 10.2 Å². The van der Waals surface area contributed by atoms with Crippen molar-refractivity contribution in [2.24, 2.45) is 0 Å². The van der Waals surface area contributed by atoms with E-state index >= 15 is 0 Å². The maximum Gasteiger partial charge on any atom is 0.279 e. The molecule has 1 aliphatic heterocycles. The monoisotopic (exact) mass is 380 g/mol. The Balaban J connectivity index is 1.51. The average molecular weight is 380 g/mol. The predicted octanol–water partition coefficient (Wildman–Crippen LogP) is 2.71. The number of nitrogens with zero attached hydrogens (tertiary/aromatic N) is 4. The maximum absolute atomic E-state index is 13.0. The number of aromatic nitrogens is 3. The number of thiophene rings is 1. The molecule has 2 aliphatic rings. The molecule has 0 radical (unpaired) electrons. The van der Waals surface area contributed by atoms with Gasteiger partial charge in [0.05, 0.1) is 5.39 Å². The lowest BCUT2D eigenvalue weighted by atomic mass is 9.97.